The van der Waals surface area contributed by atoms with Crippen molar-refractivity contribution in [1.82, 2.24) is 0 Å². The molecule has 0 radical (unpaired) electrons. The number of epoxide rings is 1. The van der Waals surface area contributed by atoms with Crippen LogP contribution in [0.1, 0.15) is 56.7 Å². The molecule has 4 N–H and O–H groups in total. The van der Waals surface area contributed by atoms with E-state index in [1.807, 2.05) is 26.0 Å². The van der Waals surface area contributed by atoms with E-state index in [-0.39, 0.29) is 24.2 Å². The van der Waals surface area contributed by atoms with Gasteiger partial charge in [0.05, 0.1) is 46.6 Å². The average molecular weight is 750 g/mol. The minimum atomic E-state index is -4.65. The molecule has 3 aliphatic rings. The first-order valence-electron chi connectivity index (χ1n) is 16.7. The van der Waals surface area contributed by atoms with Crippen molar-refractivity contribution in [3.63, 3.8) is 0 Å². The number of amides is 2. The topological polar surface area (TPSA) is 153 Å². The quantitative estimate of drug-likeness (QED) is 0.181. The van der Waals surface area contributed by atoms with E-state index in [9.17, 15) is 32.7 Å². The molecule has 11 nitrogen and oxygen atoms in total. The predicted octanol–water partition coefficient (Wildman–Crippen LogP) is 6.52. The zero-order chi connectivity index (χ0) is 38.3. The summed E-state index contributed by atoms with van der Waals surface area (Å²) >= 11 is 6.71. The van der Waals surface area contributed by atoms with Crippen LogP contribution in [-0.2, 0) is 41.1 Å². The number of anilines is 3. The third kappa shape index (κ3) is 8.25. The number of ether oxygens (including phenoxy) is 4. The number of hydrogen-bond donors (Lipinski definition) is 3. The average Bonchev–Trinajstić information content (AvgIpc) is 3.75. The molecule has 15 heteroatoms. The van der Waals surface area contributed by atoms with Gasteiger partial charge in [-0.15, -0.1) is 0 Å². The Morgan fingerprint density at radius 2 is 1.90 bits per heavy atom. The number of nitrogens with one attached hydrogen (secondary N) is 1. The molecule has 3 heterocycles. The van der Waals surface area contributed by atoms with Gasteiger partial charge in [-0.3, -0.25) is 14.9 Å². The number of nitrogen functional groups attached to an aromatic ring is 1. The molecule has 0 unspecified atom stereocenters. The molecule has 0 aliphatic carbocycles. The Hall–Kier alpha value is -4.11. The Kier molecular flexibility index (Phi) is 11.1. The number of allylic oxidation sites excluding steroid dienone is 3. The van der Waals surface area contributed by atoms with Crippen molar-refractivity contribution in [1.29, 1.82) is 0 Å². The van der Waals surface area contributed by atoms with Crippen LogP contribution in [0.25, 0.3) is 0 Å². The second-order valence-electron chi connectivity index (χ2n) is 14.0. The summed E-state index contributed by atoms with van der Waals surface area (Å²) in [7, 11) is 2.99. The van der Waals surface area contributed by atoms with E-state index >= 15 is 0 Å². The lowest BCUT2D eigenvalue weighted by atomic mass is 9.78. The molecule has 0 saturated carbocycles. The SMILES string of the molecule is CO[C@@H]1/C=C/C=C(\C)Cc2cc(C)c(Cl)c(c2)N(C)C(=O)C[C@H](OC(=O)Nc2ccc(C(F)(F)F)cc2N)[C@]2(C)O[C@H]2[C@H](C)[C@@H]2C[C@@]1(O)CC(=O)O2. The number of rotatable bonds is 3. The lowest BCUT2D eigenvalue weighted by Gasteiger charge is -2.41. The van der Waals surface area contributed by atoms with E-state index in [0.29, 0.717) is 23.2 Å². The zero-order valence-corrected chi connectivity index (χ0v) is 30.4. The summed E-state index contributed by atoms with van der Waals surface area (Å²) < 4.78 is 62.9. The van der Waals surface area contributed by atoms with Crippen LogP contribution in [0.4, 0.5) is 35.0 Å². The summed E-state index contributed by atoms with van der Waals surface area (Å²) in [6.45, 7) is 7.14. The Morgan fingerprint density at radius 1 is 1.19 bits per heavy atom. The molecule has 7 atom stereocenters. The Balaban J connectivity index is 1.51. The van der Waals surface area contributed by atoms with Crippen molar-refractivity contribution in [3.8, 4) is 0 Å². The predicted molar refractivity (Wildman–Crippen MR) is 188 cm³/mol. The Bertz CT molecular complexity index is 1800. The van der Waals surface area contributed by atoms with Gasteiger partial charge < -0.3 is 34.7 Å². The second-order valence-corrected chi connectivity index (χ2v) is 14.4. The van der Waals surface area contributed by atoms with Gasteiger partial charge in [-0.1, -0.05) is 48.4 Å². The molecule has 2 amide bonds. The number of nitrogens with two attached hydrogens (primary N) is 1. The number of carbonyl (C=O) groups is 3. The van der Waals surface area contributed by atoms with Gasteiger partial charge in [-0.2, -0.15) is 13.2 Å². The normalized spacial score (nSPS) is 31.5. The molecule has 282 valence electrons. The maximum atomic E-state index is 14.0. The highest BCUT2D eigenvalue weighted by atomic mass is 35.5. The van der Waals surface area contributed by atoms with Crippen LogP contribution in [-0.4, -0.2) is 72.9 Å². The van der Waals surface area contributed by atoms with Gasteiger partial charge in [0.25, 0.3) is 0 Å². The number of methoxy groups -OCH3 is 1. The lowest BCUT2D eigenvalue weighted by Crippen LogP contribution is -2.53. The van der Waals surface area contributed by atoms with Crippen LogP contribution in [0.2, 0.25) is 5.02 Å². The van der Waals surface area contributed by atoms with Crippen molar-refractivity contribution < 1.29 is 51.6 Å². The zero-order valence-electron chi connectivity index (χ0n) is 29.7. The maximum absolute atomic E-state index is 14.0. The largest absolute Gasteiger partial charge is 0.462 e. The maximum Gasteiger partial charge on any atom is 0.416 e. The first kappa shape index (κ1) is 39.1. The molecule has 2 aromatic carbocycles. The summed E-state index contributed by atoms with van der Waals surface area (Å²) in [5.41, 5.74) is 4.39. The Morgan fingerprint density at radius 3 is 2.56 bits per heavy atom. The van der Waals surface area contributed by atoms with E-state index in [0.717, 1.165) is 28.8 Å². The molecule has 2 saturated heterocycles. The molecule has 0 spiro atoms. The van der Waals surface area contributed by atoms with Gasteiger partial charge in [-0.05, 0) is 62.6 Å². The molecule has 0 aromatic heterocycles. The molecule has 3 aliphatic heterocycles. The van der Waals surface area contributed by atoms with Gasteiger partial charge in [-0.25, -0.2) is 4.79 Å². The van der Waals surface area contributed by atoms with Crippen LogP contribution >= 0.6 is 11.6 Å². The molecular formula is C37H43ClF3N3O8. The van der Waals surface area contributed by atoms with Crippen molar-refractivity contribution in [2.24, 2.45) is 5.92 Å². The van der Waals surface area contributed by atoms with Gasteiger partial charge in [0.2, 0.25) is 5.91 Å². The number of aliphatic hydroxyl groups is 1. The summed E-state index contributed by atoms with van der Waals surface area (Å²) in [5, 5.41) is 14.5. The smallest absolute Gasteiger partial charge is 0.416 e. The van der Waals surface area contributed by atoms with Crippen LogP contribution in [0.15, 0.2) is 54.1 Å². The number of carbonyl (C=O) groups excluding carboxylic acids is 3. The lowest BCUT2D eigenvalue weighted by molar-refractivity contribution is -0.187. The van der Waals surface area contributed by atoms with Crippen LogP contribution in [0.5, 0.6) is 0 Å². The fourth-order valence-corrected chi connectivity index (χ4v) is 7.25. The van der Waals surface area contributed by atoms with E-state index in [1.165, 1.54) is 12.0 Å². The van der Waals surface area contributed by atoms with E-state index < -0.39 is 77.7 Å². The summed E-state index contributed by atoms with van der Waals surface area (Å²) in [6.07, 6.45) is -4.30. The molecule has 2 fully saturated rings. The second kappa shape index (κ2) is 14.7. The van der Waals surface area contributed by atoms with Crippen LogP contribution < -0.4 is 16.0 Å². The fourth-order valence-electron chi connectivity index (χ4n) is 7.02. The van der Waals surface area contributed by atoms with Crippen LogP contribution in [0, 0.1) is 12.8 Å². The monoisotopic (exact) mass is 749 g/mol. The first-order valence-corrected chi connectivity index (χ1v) is 17.1. The van der Waals surface area contributed by atoms with Gasteiger partial charge in [0.1, 0.15) is 29.5 Å². The highest BCUT2D eigenvalue weighted by Crippen LogP contribution is 2.49. The summed E-state index contributed by atoms with van der Waals surface area (Å²) in [6, 6.07) is 6.16. The standard InChI is InChI=1S/C37H43ClF3N3O8/c1-19-8-7-9-28(49-6)36(48)17-27(50-31(46)18-36)21(3)33-35(4,52-33)29(16-30(45)44(5)26-14-22(12-19)13-20(2)32(26)38)51-34(47)43-25-11-10-23(15-24(25)42)37(39,40)41/h7-11,13-15,21,27-29,33,48H,12,16-18,42H2,1-6H3,(H,43,47)/b9-7+,19-8+/t21-,27+,28-,29+,33+,35+,36-/m1/s1. The Labute approximate surface area is 304 Å². The van der Waals surface area contributed by atoms with Gasteiger partial charge >= 0.3 is 18.2 Å². The first-order chi connectivity index (χ1) is 24.2. The molecule has 2 aromatic rings. The molecular weight excluding hydrogens is 707 g/mol. The van der Waals surface area contributed by atoms with E-state index in [4.69, 9.17) is 36.3 Å². The molecule has 52 heavy (non-hydrogen) atoms. The molecule has 5 rings (SSSR count). The van der Waals surface area contributed by atoms with Crippen molar-refractivity contribution in [2.45, 2.75) is 95.2 Å². The van der Waals surface area contributed by atoms with Crippen molar-refractivity contribution >= 4 is 46.6 Å². The third-order valence-corrected chi connectivity index (χ3v) is 10.6. The number of fused-ring (bicyclic) bond motifs is 5. The number of alkyl halides is 3. The minimum absolute atomic E-state index is 0.00583. The summed E-state index contributed by atoms with van der Waals surface area (Å²) in [4.78, 5) is 41.5. The van der Waals surface area contributed by atoms with Crippen LogP contribution in [0.3, 0.4) is 0 Å². The number of halogens is 4. The third-order valence-electron chi connectivity index (χ3n) is 10.1. The summed E-state index contributed by atoms with van der Waals surface area (Å²) in [5.74, 6) is -1.68. The van der Waals surface area contributed by atoms with E-state index in [2.05, 4.69) is 5.32 Å². The minimum Gasteiger partial charge on any atom is -0.462 e. The van der Waals surface area contributed by atoms with Gasteiger partial charge in [0, 0.05) is 26.5 Å². The van der Waals surface area contributed by atoms with Crippen molar-refractivity contribution in [3.05, 3.63) is 75.8 Å². The number of nitrogens with zero attached hydrogens (tertiary/aromatic N) is 1. The van der Waals surface area contributed by atoms with Gasteiger partial charge in [0.15, 0.2) is 0 Å². The fraction of sp³-hybridized carbons (Fsp3) is 0.486. The number of benzene rings is 2. The van der Waals surface area contributed by atoms with Crippen molar-refractivity contribution in [2.75, 3.05) is 30.1 Å². The number of hydrogen-bond acceptors (Lipinski definition) is 9. The highest BCUT2D eigenvalue weighted by Gasteiger charge is 2.64. The number of esters is 1. The molecule has 4 bridgehead atoms. The highest BCUT2D eigenvalue weighted by molar-refractivity contribution is 6.34. The number of aryl methyl sites for hydroxylation is 1. The van der Waals surface area contributed by atoms with E-state index in [1.54, 1.807) is 39.1 Å².